The van der Waals surface area contributed by atoms with Crippen molar-refractivity contribution in [3.63, 3.8) is 0 Å². The zero-order valence-electron chi connectivity index (χ0n) is 12.9. The van der Waals surface area contributed by atoms with Crippen molar-refractivity contribution in [2.24, 2.45) is 0 Å². The number of benzene rings is 1. The van der Waals surface area contributed by atoms with Crippen molar-refractivity contribution < 1.29 is 0 Å². The summed E-state index contributed by atoms with van der Waals surface area (Å²) in [7, 11) is 0. The number of aryl methyl sites for hydroxylation is 2. The molecule has 0 spiro atoms. The van der Waals surface area contributed by atoms with Crippen LogP contribution >= 0.6 is 0 Å². The molecule has 2 rings (SSSR count). The summed E-state index contributed by atoms with van der Waals surface area (Å²) in [6.07, 6.45) is 2.56. The highest BCUT2D eigenvalue weighted by atomic mass is 15.1. The van der Waals surface area contributed by atoms with E-state index < -0.39 is 0 Å². The van der Waals surface area contributed by atoms with Gasteiger partial charge in [-0.15, -0.1) is 0 Å². The van der Waals surface area contributed by atoms with Crippen molar-refractivity contribution in [3.05, 3.63) is 34.9 Å². The molecule has 1 heterocycles. The van der Waals surface area contributed by atoms with Crippen LogP contribution in [0.15, 0.2) is 18.2 Å². The summed E-state index contributed by atoms with van der Waals surface area (Å²) >= 11 is 0. The Morgan fingerprint density at radius 2 is 1.74 bits per heavy atom. The molecule has 0 amide bonds. The van der Waals surface area contributed by atoms with E-state index in [0.717, 1.165) is 0 Å². The van der Waals surface area contributed by atoms with Gasteiger partial charge in [0.2, 0.25) is 0 Å². The van der Waals surface area contributed by atoms with Crippen molar-refractivity contribution in [2.45, 2.75) is 52.6 Å². The third-order valence-corrected chi connectivity index (χ3v) is 4.26. The topological polar surface area (TPSA) is 15.3 Å². The normalized spacial score (nSPS) is 19.6. The molecule has 0 aliphatic carbocycles. The Kier molecular flexibility index (Phi) is 5.00. The van der Waals surface area contributed by atoms with Crippen LogP contribution in [0, 0.1) is 13.8 Å². The highest BCUT2D eigenvalue weighted by Crippen LogP contribution is 2.19. The number of hydrogen-bond donors (Lipinski definition) is 1. The van der Waals surface area contributed by atoms with Crippen molar-refractivity contribution in [1.29, 1.82) is 0 Å². The van der Waals surface area contributed by atoms with Crippen LogP contribution in [-0.4, -0.2) is 30.6 Å². The highest BCUT2D eigenvalue weighted by Gasteiger charge is 2.19. The monoisotopic (exact) mass is 260 g/mol. The number of piperidine rings is 1. The first-order chi connectivity index (χ1) is 9.08. The average Bonchev–Trinajstić information content (AvgIpc) is 2.38. The molecule has 19 heavy (non-hydrogen) atoms. The first-order valence-corrected chi connectivity index (χ1v) is 7.65. The van der Waals surface area contributed by atoms with E-state index in [1.807, 2.05) is 0 Å². The predicted molar refractivity (Wildman–Crippen MR) is 82.6 cm³/mol. The lowest BCUT2D eigenvalue weighted by molar-refractivity contribution is 0.200. The molecule has 1 aliphatic rings. The Labute approximate surface area is 118 Å². The minimum absolute atomic E-state index is 0.455. The van der Waals surface area contributed by atoms with E-state index >= 15 is 0 Å². The summed E-state index contributed by atoms with van der Waals surface area (Å²) in [5, 5.41) is 3.81. The number of nitrogens with one attached hydrogen (secondary N) is 1. The third kappa shape index (κ3) is 4.05. The predicted octanol–water partition coefficient (Wildman–Crippen LogP) is 3.44. The SMILES string of the molecule is CCN1CCC(NC(C)c2cc(C)cc(C)c2)CC1. The van der Waals surface area contributed by atoms with E-state index in [2.05, 4.69) is 56.1 Å². The second-order valence-corrected chi connectivity index (χ2v) is 6.02. The smallest absolute Gasteiger partial charge is 0.0294 e. The minimum atomic E-state index is 0.455. The van der Waals surface area contributed by atoms with Gasteiger partial charge in [0.05, 0.1) is 0 Å². The van der Waals surface area contributed by atoms with Crippen LogP contribution in [-0.2, 0) is 0 Å². The maximum absolute atomic E-state index is 3.81. The zero-order valence-corrected chi connectivity index (χ0v) is 12.9. The van der Waals surface area contributed by atoms with E-state index in [4.69, 9.17) is 0 Å². The Morgan fingerprint density at radius 3 is 2.26 bits per heavy atom. The summed E-state index contributed by atoms with van der Waals surface area (Å²) in [5.74, 6) is 0. The zero-order chi connectivity index (χ0) is 13.8. The van der Waals surface area contributed by atoms with Gasteiger partial charge in [0, 0.05) is 12.1 Å². The van der Waals surface area contributed by atoms with Crippen molar-refractivity contribution >= 4 is 0 Å². The standard InChI is InChI=1S/C17H28N2/c1-5-19-8-6-17(7-9-19)18-15(4)16-11-13(2)10-14(3)12-16/h10-12,15,17-18H,5-9H2,1-4H3. The second-order valence-electron chi connectivity index (χ2n) is 6.02. The average molecular weight is 260 g/mol. The van der Waals surface area contributed by atoms with Gasteiger partial charge in [0.15, 0.2) is 0 Å². The molecule has 1 aliphatic heterocycles. The molecule has 0 saturated carbocycles. The molecule has 1 unspecified atom stereocenters. The highest BCUT2D eigenvalue weighted by molar-refractivity contribution is 5.30. The van der Waals surface area contributed by atoms with Gasteiger partial charge in [0.1, 0.15) is 0 Å². The van der Waals surface area contributed by atoms with Crippen LogP contribution in [0.3, 0.4) is 0 Å². The molecule has 1 N–H and O–H groups in total. The molecule has 2 nitrogen and oxygen atoms in total. The fraction of sp³-hybridized carbons (Fsp3) is 0.647. The number of likely N-dealkylation sites (tertiary alicyclic amines) is 1. The Bertz CT molecular complexity index is 385. The van der Waals surface area contributed by atoms with Gasteiger partial charge >= 0.3 is 0 Å². The first kappa shape index (κ1) is 14.5. The van der Waals surface area contributed by atoms with Gasteiger partial charge in [-0.05, 0) is 58.8 Å². The van der Waals surface area contributed by atoms with Gasteiger partial charge in [-0.3, -0.25) is 0 Å². The molecular formula is C17H28N2. The molecule has 0 aromatic heterocycles. The number of nitrogens with zero attached hydrogens (tertiary/aromatic N) is 1. The third-order valence-electron chi connectivity index (χ3n) is 4.26. The summed E-state index contributed by atoms with van der Waals surface area (Å²) in [4.78, 5) is 2.54. The molecule has 106 valence electrons. The van der Waals surface area contributed by atoms with E-state index in [0.29, 0.717) is 12.1 Å². The lowest BCUT2D eigenvalue weighted by atomic mass is 9.99. The molecule has 1 fully saturated rings. The lowest BCUT2D eigenvalue weighted by Gasteiger charge is -2.33. The molecular weight excluding hydrogens is 232 g/mol. The molecule has 1 aromatic carbocycles. The van der Waals surface area contributed by atoms with E-state index in [1.54, 1.807) is 0 Å². The fourth-order valence-corrected chi connectivity index (χ4v) is 3.13. The maximum Gasteiger partial charge on any atom is 0.0294 e. The minimum Gasteiger partial charge on any atom is -0.307 e. The van der Waals surface area contributed by atoms with Crippen LogP contribution in [0.2, 0.25) is 0 Å². The second kappa shape index (κ2) is 6.53. The van der Waals surface area contributed by atoms with Crippen LogP contribution in [0.1, 0.15) is 49.4 Å². The van der Waals surface area contributed by atoms with E-state index in [9.17, 15) is 0 Å². The van der Waals surface area contributed by atoms with Crippen LogP contribution < -0.4 is 5.32 Å². The van der Waals surface area contributed by atoms with Crippen molar-refractivity contribution in [3.8, 4) is 0 Å². The lowest BCUT2D eigenvalue weighted by Crippen LogP contribution is -2.43. The van der Waals surface area contributed by atoms with Gasteiger partial charge in [-0.2, -0.15) is 0 Å². The quantitative estimate of drug-likeness (QED) is 0.892. The van der Waals surface area contributed by atoms with Gasteiger partial charge in [-0.25, -0.2) is 0 Å². The Balaban J connectivity index is 1.92. The maximum atomic E-state index is 3.81. The van der Waals surface area contributed by atoms with E-state index in [1.165, 1.54) is 49.2 Å². The largest absolute Gasteiger partial charge is 0.307 e. The Morgan fingerprint density at radius 1 is 1.16 bits per heavy atom. The van der Waals surface area contributed by atoms with E-state index in [-0.39, 0.29) is 0 Å². The molecule has 1 saturated heterocycles. The van der Waals surface area contributed by atoms with Gasteiger partial charge in [-0.1, -0.05) is 36.2 Å². The molecule has 1 atom stereocenters. The first-order valence-electron chi connectivity index (χ1n) is 7.65. The van der Waals surface area contributed by atoms with Crippen molar-refractivity contribution in [1.82, 2.24) is 10.2 Å². The fourth-order valence-electron chi connectivity index (χ4n) is 3.13. The van der Waals surface area contributed by atoms with Crippen molar-refractivity contribution in [2.75, 3.05) is 19.6 Å². The number of hydrogen-bond acceptors (Lipinski definition) is 2. The molecule has 0 bridgehead atoms. The van der Waals surface area contributed by atoms with Crippen LogP contribution in [0.5, 0.6) is 0 Å². The van der Waals surface area contributed by atoms with Gasteiger partial charge in [0.25, 0.3) is 0 Å². The summed E-state index contributed by atoms with van der Waals surface area (Å²) in [6, 6.07) is 8.00. The molecule has 1 aromatic rings. The Hall–Kier alpha value is -0.860. The summed E-state index contributed by atoms with van der Waals surface area (Å²) < 4.78 is 0. The molecule has 2 heteroatoms. The molecule has 0 radical (unpaired) electrons. The van der Waals surface area contributed by atoms with Gasteiger partial charge < -0.3 is 10.2 Å². The summed E-state index contributed by atoms with van der Waals surface area (Å²) in [5.41, 5.74) is 4.16. The van der Waals surface area contributed by atoms with Crippen LogP contribution in [0.4, 0.5) is 0 Å². The summed E-state index contributed by atoms with van der Waals surface area (Å²) in [6.45, 7) is 12.6. The number of rotatable bonds is 4. The van der Waals surface area contributed by atoms with Crippen LogP contribution in [0.25, 0.3) is 0 Å².